The third kappa shape index (κ3) is 3.74. The minimum atomic E-state index is -1.00. The zero-order valence-electron chi connectivity index (χ0n) is 14.9. The Kier molecular flexibility index (Phi) is 5.45. The molecule has 0 bridgehead atoms. The first kappa shape index (κ1) is 18.1. The summed E-state index contributed by atoms with van der Waals surface area (Å²) in [6.07, 6.45) is 1.02. The van der Waals surface area contributed by atoms with E-state index in [0.29, 0.717) is 18.3 Å². The summed E-state index contributed by atoms with van der Waals surface area (Å²) < 4.78 is 30.8. The van der Waals surface area contributed by atoms with E-state index in [2.05, 4.69) is 13.8 Å². The van der Waals surface area contributed by atoms with E-state index in [1.165, 1.54) is 0 Å². The predicted molar refractivity (Wildman–Crippen MR) is 94.2 cm³/mol. The van der Waals surface area contributed by atoms with Gasteiger partial charge in [0.15, 0.2) is 5.79 Å². The lowest BCUT2D eigenvalue weighted by atomic mass is 9.87. The molecule has 5 heteroatoms. The van der Waals surface area contributed by atoms with Crippen LogP contribution in [0.1, 0.15) is 34.1 Å². The van der Waals surface area contributed by atoms with Crippen LogP contribution < -0.4 is 0 Å². The van der Waals surface area contributed by atoms with Gasteiger partial charge in [0.1, 0.15) is 6.10 Å². The molecule has 3 rings (SSSR count). The molecule has 6 unspecified atom stereocenters. The lowest BCUT2D eigenvalue weighted by Crippen LogP contribution is -2.35. The summed E-state index contributed by atoms with van der Waals surface area (Å²) in [5, 5.41) is 0. The Morgan fingerprint density at radius 2 is 1.96 bits per heavy atom. The summed E-state index contributed by atoms with van der Waals surface area (Å²) in [7, 11) is -1.00. The Balaban J connectivity index is 1.70. The Morgan fingerprint density at radius 1 is 1.25 bits per heavy atom. The zero-order valence-corrected chi connectivity index (χ0v) is 15.8. The maximum atomic E-state index is 12.7. The van der Waals surface area contributed by atoms with Crippen LogP contribution >= 0.6 is 0 Å². The summed E-state index contributed by atoms with van der Waals surface area (Å²) in [4.78, 5) is 0.893. The maximum absolute atomic E-state index is 12.7. The first-order valence-corrected chi connectivity index (χ1v) is 10.1. The molecule has 2 aliphatic rings. The van der Waals surface area contributed by atoms with Gasteiger partial charge in [0, 0.05) is 16.6 Å². The molecule has 0 spiro atoms. The molecule has 0 amide bonds. The molecule has 2 saturated heterocycles. The van der Waals surface area contributed by atoms with Gasteiger partial charge in [-0.15, -0.1) is 0 Å². The van der Waals surface area contributed by atoms with E-state index < -0.39 is 16.6 Å². The van der Waals surface area contributed by atoms with Crippen LogP contribution in [0.5, 0.6) is 0 Å². The van der Waals surface area contributed by atoms with Crippen LogP contribution in [0.4, 0.5) is 0 Å². The minimum absolute atomic E-state index is 0.00879. The largest absolute Gasteiger partial charge is 0.372 e. The Morgan fingerprint density at radius 3 is 2.54 bits per heavy atom. The van der Waals surface area contributed by atoms with Crippen LogP contribution in [0.3, 0.4) is 0 Å². The van der Waals surface area contributed by atoms with Gasteiger partial charge < -0.3 is 14.2 Å². The van der Waals surface area contributed by atoms with Crippen molar-refractivity contribution in [2.24, 2.45) is 11.8 Å². The number of ether oxygens (including phenoxy) is 3. The minimum Gasteiger partial charge on any atom is -0.372 e. The van der Waals surface area contributed by atoms with Gasteiger partial charge in [0.05, 0.1) is 29.6 Å². The lowest BCUT2D eigenvalue weighted by molar-refractivity contribution is -0.157. The third-order valence-corrected chi connectivity index (χ3v) is 6.64. The standard InChI is InChI=1S/C19H28O4S/c1-5-16-15(12-24(20)14-9-7-6-8-10-14)13(2)18(22-16)17-11-21-19(3,4)23-17/h6-10,13,15-18H,5,11-12H2,1-4H3. The molecule has 0 aromatic heterocycles. The summed E-state index contributed by atoms with van der Waals surface area (Å²) in [6, 6.07) is 9.70. The fraction of sp³-hybridized carbons (Fsp3) is 0.684. The lowest BCUT2D eigenvalue weighted by Gasteiger charge is -2.24. The van der Waals surface area contributed by atoms with E-state index in [1.807, 2.05) is 44.2 Å². The first-order chi connectivity index (χ1) is 11.4. The highest BCUT2D eigenvalue weighted by Gasteiger charge is 2.49. The van der Waals surface area contributed by atoms with Crippen molar-refractivity contribution in [2.45, 2.75) is 63.1 Å². The number of hydrogen-bond acceptors (Lipinski definition) is 4. The molecule has 24 heavy (non-hydrogen) atoms. The average molecular weight is 352 g/mol. The van der Waals surface area contributed by atoms with Gasteiger partial charge in [-0.1, -0.05) is 32.0 Å². The quantitative estimate of drug-likeness (QED) is 0.815. The smallest absolute Gasteiger partial charge is 0.163 e. The van der Waals surface area contributed by atoms with E-state index in [1.54, 1.807) is 0 Å². The molecular weight excluding hydrogens is 324 g/mol. The third-order valence-electron chi connectivity index (χ3n) is 5.15. The molecular formula is C19H28O4S. The summed E-state index contributed by atoms with van der Waals surface area (Å²) in [5.74, 6) is 0.663. The number of hydrogen-bond donors (Lipinski definition) is 0. The second kappa shape index (κ2) is 7.24. The van der Waals surface area contributed by atoms with Gasteiger partial charge in [-0.3, -0.25) is 4.21 Å². The van der Waals surface area contributed by atoms with Gasteiger partial charge in [0.25, 0.3) is 0 Å². The summed E-state index contributed by atoms with van der Waals surface area (Å²) >= 11 is 0. The van der Waals surface area contributed by atoms with Crippen molar-refractivity contribution in [1.82, 2.24) is 0 Å². The van der Waals surface area contributed by atoms with Crippen molar-refractivity contribution in [1.29, 1.82) is 0 Å². The van der Waals surface area contributed by atoms with Gasteiger partial charge in [-0.2, -0.15) is 0 Å². The summed E-state index contributed by atoms with van der Waals surface area (Å²) in [5.41, 5.74) is 0. The van der Waals surface area contributed by atoms with E-state index in [0.717, 1.165) is 11.3 Å². The van der Waals surface area contributed by atoms with Gasteiger partial charge in [-0.05, 0) is 38.3 Å². The normalized spacial score (nSPS) is 36.8. The highest BCUT2D eigenvalue weighted by atomic mass is 32.2. The van der Waals surface area contributed by atoms with Crippen LogP contribution in [0.25, 0.3) is 0 Å². The Labute approximate surface area is 147 Å². The first-order valence-electron chi connectivity index (χ1n) is 8.82. The molecule has 1 aromatic carbocycles. The molecule has 2 aliphatic heterocycles. The zero-order chi connectivity index (χ0) is 17.3. The predicted octanol–water partition coefficient (Wildman–Crippen LogP) is 3.38. The summed E-state index contributed by atoms with van der Waals surface area (Å²) in [6.45, 7) is 8.76. The van der Waals surface area contributed by atoms with Crippen molar-refractivity contribution in [3.05, 3.63) is 30.3 Å². The van der Waals surface area contributed by atoms with Crippen LogP contribution in [0.15, 0.2) is 35.2 Å². The van der Waals surface area contributed by atoms with Crippen molar-refractivity contribution in [3.63, 3.8) is 0 Å². The fourth-order valence-corrected chi connectivity index (χ4v) is 5.33. The van der Waals surface area contributed by atoms with Gasteiger partial charge in [0.2, 0.25) is 0 Å². The van der Waals surface area contributed by atoms with Gasteiger partial charge in [-0.25, -0.2) is 0 Å². The van der Waals surface area contributed by atoms with Crippen LogP contribution in [-0.2, 0) is 25.0 Å². The van der Waals surface area contributed by atoms with Crippen molar-refractivity contribution >= 4 is 10.8 Å². The van der Waals surface area contributed by atoms with E-state index in [4.69, 9.17) is 14.2 Å². The molecule has 2 fully saturated rings. The number of rotatable bonds is 5. The van der Waals surface area contributed by atoms with E-state index in [-0.39, 0.29) is 24.2 Å². The topological polar surface area (TPSA) is 44.8 Å². The highest BCUT2D eigenvalue weighted by Crippen LogP contribution is 2.40. The fourth-order valence-electron chi connectivity index (χ4n) is 3.81. The average Bonchev–Trinajstić information content (AvgIpc) is 3.08. The van der Waals surface area contributed by atoms with Crippen LogP contribution in [0, 0.1) is 11.8 Å². The molecule has 0 saturated carbocycles. The SMILES string of the molecule is CCC1OC(C2COC(C)(C)O2)C(C)C1CS(=O)c1ccccc1. The maximum Gasteiger partial charge on any atom is 0.163 e. The monoisotopic (exact) mass is 352 g/mol. The van der Waals surface area contributed by atoms with Crippen LogP contribution in [-0.4, -0.2) is 40.7 Å². The second-order valence-corrected chi connectivity index (χ2v) is 8.76. The molecule has 6 atom stereocenters. The molecule has 1 aromatic rings. The number of benzene rings is 1. The highest BCUT2D eigenvalue weighted by molar-refractivity contribution is 7.85. The van der Waals surface area contributed by atoms with E-state index >= 15 is 0 Å². The molecule has 0 aliphatic carbocycles. The van der Waals surface area contributed by atoms with Crippen molar-refractivity contribution in [3.8, 4) is 0 Å². The molecule has 0 radical (unpaired) electrons. The van der Waals surface area contributed by atoms with Crippen molar-refractivity contribution in [2.75, 3.05) is 12.4 Å². The molecule has 4 nitrogen and oxygen atoms in total. The Hall–Kier alpha value is -0.750. The molecule has 2 heterocycles. The molecule has 0 N–H and O–H groups in total. The molecule has 134 valence electrons. The van der Waals surface area contributed by atoms with Crippen molar-refractivity contribution < 1.29 is 18.4 Å². The van der Waals surface area contributed by atoms with Crippen LogP contribution in [0.2, 0.25) is 0 Å². The van der Waals surface area contributed by atoms with Gasteiger partial charge >= 0.3 is 0 Å². The second-order valence-electron chi connectivity index (χ2n) is 7.26. The van der Waals surface area contributed by atoms with E-state index in [9.17, 15) is 4.21 Å². The Bertz CT molecular complexity index is 574.